The molecular weight excluding hydrogens is 829 g/mol. The van der Waals surface area contributed by atoms with Crippen molar-refractivity contribution in [2.45, 2.75) is 141 Å². The van der Waals surface area contributed by atoms with Gasteiger partial charge in [0.05, 0.1) is 19.2 Å². The fourth-order valence-corrected chi connectivity index (χ4v) is 6.62. The van der Waals surface area contributed by atoms with Crippen molar-refractivity contribution in [2.24, 2.45) is 39.8 Å². The molecule has 1 aliphatic rings. The van der Waals surface area contributed by atoms with E-state index in [9.17, 15) is 58.5 Å². The average molecular weight is 899 g/mol. The molecule has 1 heterocycles. The fraction of sp³-hybridized carbons (Fsp3) is 0.744. The van der Waals surface area contributed by atoms with Crippen LogP contribution in [-0.4, -0.2) is 155 Å². The van der Waals surface area contributed by atoms with Gasteiger partial charge in [0, 0.05) is 19.5 Å². The lowest BCUT2D eigenvalue weighted by Gasteiger charge is -2.31. The highest BCUT2D eigenvalue weighted by molar-refractivity contribution is 5.97. The number of aliphatic carboxylic acids is 2. The zero-order chi connectivity index (χ0) is 47.8. The first-order chi connectivity index (χ1) is 29.7. The molecule has 1 saturated heterocycles. The maximum atomic E-state index is 14.0. The molecule has 1 fully saturated rings. The molecule has 7 amide bonds. The number of carbonyl (C=O) groups excluding carboxylic acids is 7. The van der Waals surface area contributed by atoms with Crippen LogP contribution in [0.25, 0.3) is 0 Å². The molecule has 358 valence electrons. The molecular formula is C39H70N12O12. The molecule has 0 bridgehead atoms. The molecule has 24 nitrogen and oxygen atoms in total. The summed E-state index contributed by atoms with van der Waals surface area (Å²) in [6.45, 7) is 6.17. The zero-order valence-electron chi connectivity index (χ0n) is 36.7. The first kappa shape index (κ1) is 55.4. The van der Waals surface area contributed by atoms with Crippen molar-refractivity contribution >= 4 is 59.2 Å². The Hall–Kier alpha value is -5.62. The molecule has 0 spiro atoms. The van der Waals surface area contributed by atoms with Gasteiger partial charge in [-0.15, -0.1) is 0 Å². The molecule has 1 aliphatic heterocycles. The van der Waals surface area contributed by atoms with Crippen LogP contribution in [0, 0.1) is 11.8 Å². The summed E-state index contributed by atoms with van der Waals surface area (Å²) < 4.78 is 0. The molecule has 24 heteroatoms. The maximum Gasteiger partial charge on any atom is 0.326 e. The van der Waals surface area contributed by atoms with E-state index in [1.807, 2.05) is 0 Å². The average Bonchev–Trinajstić information content (AvgIpc) is 3.72. The van der Waals surface area contributed by atoms with E-state index in [1.165, 1.54) is 4.90 Å². The van der Waals surface area contributed by atoms with Gasteiger partial charge in [-0.25, -0.2) is 4.79 Å². The molecule has 0 aliphatic carbocycles. The lowest BCUT2D eigenvalue weighted by molar-refractivity contribution is -0.144. The monoisotopic (exact) mass is 899 g/mol. The van der Waals surface area contributed by atoms with Crippen molar-refractivity contribution in [1.29, 1.82) is 0 Å². The summed E-state index contributed by atoms with van der Waals surface area (Å²) in [6.07, 6.45) is 1.75. The van der Waals surface area contributed by atoms with Crippen molar-refractivity contribution in [3.8, 4) is 0 Å². The van der Waals surface area contributed by atoms with Gasteiger partial charge in [-0.1, -0.05) is 40.5 Å². The molecule has 0 aromatic carbocycles. The summed E-state index contributed by atoms with van der Waals surface area (Å²) in [5.41, 5.74) is 21.9. The van der Waals surface area contributed by atoms with E-state index in [4.69, 9.17) is 22.9 Å². The topological polar surface area (TPSA) is 406 Å². The highest BCUT2D eigenvalue weighted by Gasteiger charge is 2.40. The van der Waals surface area contributed by atoms with E-state index < -0.39 is 127 Å². The second kappa shape index (κ2) is 28.9. The van der Waals surface area contributed by atoms with Crippen molar-refractivity contribution in [3.05, 3.63) is 0 Å². The van der Waals surface area contributed by atoms with Crippen LogP contribution in [0.4, 0.5) is 0 Å². The summed E-state index contributed by atoms with van der Waals surface area (Å²) in [6, 6.07) is -8.83. The Morgan fingerprint density at radius 1 is 0.778 bits per heavy atom. The van der Waals surface area contributed by atoms with Crippen molar-refractivity contribution < 1.29 is 58.5 Å². The van der Waals surface area contributed by atoms with Gasteiger partial charge in [-0.05, 0) is 69.7 Å². The molecule has 0 unspecified atom stereocenters. The molecule has 0 aromatic rings. The number of likely N-dealkylation sites (tertiary alicyclic amines) is 1. The van der Waals surface area contributed by atoms with Gasteiger partial charge in [0.1, 0.15) is 36.3 Å². The lowest BCUT2D eigenvalue weighted by Crippen LogP contribution is -2.60. The SMILES string of the molecule is CC[C@H](C)[C@H](NC(=O)[C@H](CC(C)C)NC(=O)[C@@H]1CCCN1C(=O)[C@H](CCC(=O)O)NC(=O)[C@H](CO)NC(=O)[C@@H](N)CCCCN)C(=O)NCC(=O)N[C@@H](CCCN=C(N)N)C(=O)O. The third-order valence-electron chi connectivity index (χ3n) is 10.4. The maximum absolute atomic E-state index is 14.0. The summed E-state index contributed by atoms with van der Waals surface area (Å²) in [5, 5.41) is 43.7. The van der Waals surface area contributed by atoms with Gasteiger partial charge in [-0.3, -0.25) is 43.3 Å². The molecule has 0 radical (unpaired) electrons. The highest BCUT2D eigenvalue weighted by atomic mass is 16.4. The number of rotatable bonds is 30. The quantitative estimate of drug-likeness (QED) is 0.0186. The molecule has 0 aromatic heterocycles. The van der Waals surface area contributed by atoms with Gasteiger partial charge in [0.25, 0.3) is 0 Å². The molecule has 1 rings (SSSR count). The number of guanidine groups is 1. The zero-order valence-corrected chi connectivity index (χ0v) is 36.7. The van der Waals surface area contributed by atoms with Crippen LogP contribution in [-0.2, 0) is 43.2 Å². The predicted octanol–water partition coefficient (Wildman–Crippen LogP) is -3.94. The second-order valence-corrected chi connectivity index (χ2v) is 16.0. The Morgan fingerprint density at radius 2 is 1.43 bits per heavy atom. The predicted molar refractivity (Wildman–Crippen MR) is 229 cm³/mol. The molecule has 63 heavy (non-hydrogen) atoms. The smallest absolute Gasteiger partial charge is 0.326 e. The van der Waals surface area contributed by atoms with Gasteiger partial charge < -0.3 is 75.1 Å². The Kier molecular flexibility index (Phi) is 25.4. The Bertz CT molecular complexity index is 1590. The van der Waals surface area contributed by atoms with Gasteiger partial charge in [0.15, 0.2) is 5.96 Å². The number of aliphatic hydroxyl groups is 1. The third-order valence-corrected chi connectivity index (χ3v) is 10.4. The van der Waals surface area contributed by atoms with Crippen LogP contribution in [0.5, 0.6) is 0 Å². The van der Waals surface area contributed by atoms with Crippen LogP contribution >= 0.6 is 0 Å². The van der Waals surface area contributed by atoms with Crippen LogP contribution in [0.3, 0.4) is 0 Å². The first-order valence-electron chi connectivity index (χ1n) is 21.3. The van der Waals surface area contributed by atoms with Gasteiger partial charge in [-0.2, -0.15) is 0 Å². The number of nitrogens with one attached hydrogen (secondary N) is 6. The number of nitrogens with two attached hydrogens (primary N) is 4. The number of carboxylic acid groups (broad SMARTS) is 2. The van der Waals surface area contributed by atoms with Gasteiger partial charge in [0.2, 0.25) is 41.4 Å². The Labute approximate surface area is 367 Å². The van der Waals surface area contributed by atoms with Gasteiger partial charge >= 0.3 is 11.9 Å². The fourth-order valence-electron chi connectivity index (χ4n) is 6.62. The minimum Gasteiger partial charge on any atom is -0.481 e. The van der Waals surface area contributed by atoms with Crippen LogP contribution in [0.1, 0.15) is 98.3 Å². The van der Waals surface area contributed by atoms with E-state index in [0.29, 0.717) is 32.2 Å². The van der Waals surface area contributed by atoms with Crippen molar-refractivity contribution in [2.75, 3.05) is 32.8 Å². The van der Waals surface area contributed by atoms with E-state index in [2.05, 4.69) is 36.9 Å². The number of hydrogen-bond donors (Lipinski definition) is 13. The summed E-state index contributed by atoms with van der Waals surface area (Å²) in [7, 11) is 0. The third kappa shape index (κ3) is 20.4. The number of amides is 7. The number of aliphatic imine (C=N–C) groups is 1. The first-order valence-corrected chi connectivity index (χ1v) is 21.3. The molecule has 0 saturated carbocycles. The largest absolute Gasteiger partial charge is 0.481 e. The number of nitrogens with zero attached hydrogens (tertiary/aromatic N) is 2. The highest BCUT2D eigenvalue weighted by Crippen LogP contribution is 2.21. The van der Waals surface area contributed by atoms with E-state index in [1.54, 1.807) is 27.7 Å². The van der Waals surface area contributed by atoms with Crippen LogP contribution < -0.4 is 54.8 Å². The number of carboxylic acids is 2. The van der Waals surface area contributed by atoms with E-state index in [-0.39, 0.29) is 57.1 Å². The van der Waals surface area contributed by atoms with Crippen LogP contribution in [0.2, 0.25) is 0 Å². The standard InChI is InChI=1S/C39H70N12O12/c1-5-22(4)31(36(60)45-19-29(53)46-25(38(62)63)11-8-16-44-39(42)43)50-33(57)26(18-21(2)3)48-35(59)28-12-9-17-51(28)37(61)24(13-14-30(54)55)47-34(58)27(20-52)49-32(56)23(41)10-6-7-15-40/h21-28,31,52H,5-20,40-41H2,1-4H3,(H,45,60)(H,46,53)(H,47,58)(H,48,59)(H,49,56)(H,50,57)(H,54,55)(H,62,63)(H4,42,43,44)/t22-,23-,24-,25-,26-,27-,28-,31-/m0/s1. The summed E-state index contributed by atoms with van der Waals surface area (Å²) in [4.78, 5) is 122. The van der Waals surface area contributed by atoms with Crippen molar-refractivity contribution in [1.82, 2.24) is 36.8 Å². The molecule has 17 N–H and O–H groups in total. The lowest BCUT2D eigenvalue weighted by atomic mass is 9.96. The normalized spacial score (nSPS) is 16.8. The minimum atomic E-state index is -1.53. The van der Waals surface area contributed by atoms with E-state index in [0.717, 1.165) is 0 Å². The summed E-state index contributed by atoms with van der Waals surface area (Å²) in [5.74, 6) is -8.87. The number of aliphatic hydroxyl groups excluding tert-OH is 1. The second-order valence-electron chi connectivity index (χ2n) is 16.0. The Balaban J connectivity index is 3.15. The number of hydrogen-bond acceptors (Lipinski definition) is 13. The van der Waals surface area contributed by atoms with Crippen LogP contribution in [0.15, 0.2) is 4.99 Å². The number of carbonyl (C=O) groups is 9. The Morgan fingerprint density at radius 3 is 2.00 bits per heavy atom. The van der Waals surface area contributed by atoms with E-state index >= 15 is 0 Å². The summed E-state index contributed by atoms with van der Waals surface area (Å²) >= 11 is 0. The molecule has 8 atom stereocenters. The minimum absolute atomic E-state index is 0.00756. The van der Waals surface area contributed by atoms with Crippen molar-refractivity contribution in [3.63, 3.8) is 0 Å². The number of unbranched alkanes of at least 4 members (excludes halogenated alkanes) is 1.